The number of nitrogens with one attached hydrogen (secondary N) is 1. The number of sulfonamides is 1. The number of benzene rings is 2. The van der Waals surface area contributed by atoms with Crippen LogP contribution in [0.15, 0.2) is 47.4 Å². The van der Waals surface area contributed by atoms with Gasteiger partial charge in [-0.15, -0.1) is 12.4 Å². The van der Waals surface area contributed by atoms with Gasteiger partial charge < -0.3 is 5.32 Å². The van der Waals surface area contributed by atoms with Crippen LogP contribution in [0.3, 0.4) is 0 Å². The molecule has 0 saturated carbocycles. The molecule has 0 fully saturated rings. The molecule has 0 radical (unpaired) electrons. The standard InChI is InChI=1S/C16H17ClN2O2S.ClH/c1-19(15-5-3-14(17)4-6-15)22(20,21)16-7-2-12-8-9-18-11-13(12)10-16;/h2-7,10,18H,8-9,11H2,1H3;1H. The lowest BCUT2D eigenvalue weighted by Gasteiger charge is -2.22. The first-order chi connectivity index (χ1) is 10.5. The average molecular weight is 373 g/mol. The van der Waals surface area contributed by atoms with Crippen LogP contribution in [0, 0.1) is 0 Å². The minimum Gasteiger partial charge on any atom is -0.312 e. The van der Waals surface area contributed by atoms with E-state index in [1.165, 1.54) is 9.87 Å². The third-order valence-electron chi connectivity index (χ3n) is 3.91. The van der Waals surface area contributed by atoms with Crippen molar-refractivity contribution >= 4 is 39.7 Å². The van der Waals surface area contributed by atoms with E-state index < -0.39 is 10.0 Å². The maximum atomic E-state index is 12.8. The molecule has 23 heavy (non-hydrogen) atoms. The van der Waals surface area contributed by atoms with Crippen molar-refractivity contribution < 1.29 is 8.42 Å². The van der Waals surface area contributed by atoms with Crippen molar-refractivity contribution in [3.05, 3.63) is 58.6 Å². The topological polar surface area (TPSA) is 49.4 Å². The fraction of sp³-hybridized carbons (Fsp3) is 0.250. The van der Waals surface area contributed by atoms with Gasteiger partial charge in [-0.25, -0.2) is 8.42 Å². The van der Waals surface area contributed by atoms with E-state index in [0.29, 0.717) is 22.2 Å². The summed E-state index contributed by atoms with van der Waals surface area (Å²) in [4.78, 5) is 0.312. The Morgan fingerprint density at radius 2 is 1.78 bits per heavy atom. The van der Waals surface area contributed by atoms with Gasteiger partial charge in [0.25, 0.3) is 10.0 Å². The van der Waals surface area contributed by atoms with Crippen molar-refractivity contribution in [2.45, 2.75) is 17.9 Å². The Balaban J connectivity index is 0.00000192. The Morgan fingerprint density at radius 1 is 1.09 bits per heavy atom. The van der Waals surface area contributed by atoms with Crippen LogP contribution in [0.1, 0.15) is 11.1 Å². The Bertz CT molecular complexity index is 792. The van der Waals surface area contributed by atoms with Gasteiger partial charge in [-0.2, -0.15) is 0 Å². The zero-order valence-corrected chi connectivity index (χ0v) is 15.0. The van der Waals surface area contributed by atoms with Crippen molar-refractivity contribution in [1.82, 2.24) is 5.32 Å². The predicted molar refractivity (Wildman–Crippen MR) is 96.1 cm³/mol. The monoisotopic (exact) mass is 372 g/mol. The van der Waals surface area contributed by atoms with E-state index in [-0.39, 0.29) is 12.4 Å². The molecule has 1 aliphatic rings. The summed E-state index contributed by atoms with van der Waals surface area (Å²) in [5.74, 6) is 0. The first-order valence-corrected chi connectivity index (χ1v) is 8.87. The molecule has 0 aromatic heterocycles. The van der Waals surface area contributed by atoms with Crippen LogP contribution in [0.25, 0.3) is 0 Å². The van der Waals surface area contributed by atoms with E-state index >= 15 is 0 Å². The molecule has 4 nitrogen and oxygen atoms in total. The lowest BCUT2D eigenvalue weighted by molar-refractivity contribution is 0.593. The highest BCUT2D eigenvalue weighted by Crippen LogP contribution is 2.25. The molecule has 124 valence electrons. The fourth-order valence-electron chi connectivity index (χ4n) is 2.57. The number of rotatable bonds is 3. The molecule has 0 amide bonds. The lowest BCUT2D eigenvalue weighted by atomic mass is 10.0. The van der Waals surface area contributed by atoms with Gasteiger partial charge in [-0.3, -0.25) is 4.31 Å². The normalized spacial score (nSPS) is 13.8. The number of hydrogen-bond donors (Lipinski definition) is 1. The number of anilines is 1. The van der Waals surface area contributed by atoms with Gasteiger partial charge in [-0.1, -0.05) is 17.7 Å². The third-order valence-corrected chi connectivity index (χ3v) is 5.95. The highest BCUT2D eigenvalue weighted by atomic mass is 35.5. The number of fused-ring (bicyclic) bond motifs is 1. The molecule has 3 rings (SSSR count). The highest BCUT2D eigenvalue weighted by molar-refractivity contribution is 7.92. The molecule has 2 aromatic carbocycles. The van der Waals surface area contributed by atoms with Gasteiger partial charge in [0, 0.05) is 18.6 Å². The van der Waals surface area contributed by atoms with E-state index in [0.717, 1.165) is 18.5 Å². The number of halogens is 2. The summed E-state index contributed by atoms with van der Waals surface area (Å²) < 4.78 is 26.8. The number of nitrogens with zero attached hydrogens (tertiary/aromatic N) is 1. The second-order valence-corrected chi connectivity index (χ2v) is 7.71. The van der Waals surface area contributed by atoms with Crippen LogP contribution in [-0.4, -0.2) is 22.0 Å². The van der Waals surface area contributed by atoms with Crippen molar-refractivity contribution in [3.8, 4) is 0 Å². The minimum atomic E-state index is -3.58. The first-order valence-electron chi connectivity index (χ1n) is 7.05. The summed E-state index contributed by atoms with van der Waals surface area (Å²) >= 11 is 5.85. The van der Waals surface area contributed by atoms with E-state index in [9.17, 15) is 8.42 Å². The Hall–Kier alpha value is -1.27. The van der Waals surface area contributed by atoms with Gasteiger partial charge in [-0.05, 0) is 60.5 Å². The maximum Gasteiger partial charge on any atom is 0.264 e. The van der Waals surface area contributed by atoms with Crippen molar-refractivity contribution in [2.75, 3.05) is 17.9 Å². The predicted octanol–water partition coefficient (Wildman–Crippen LogP) is 3.23. The second kappa shape index (κ2) is 7.09. The van der Waals surface area contributed by atoms with Crippen LogP contribution in [0.2, 0.25) is 5.02 Å². The molecule has 0 aliphatic carbocycles. The fourth-order valence-corrected chi connectivity index (χ4v) is 3.94. The molecule has 0 atom stereocenters. The highest BCUT2D eigenvalue weighted by Gasteiger charge is 2.23. The molecule has 1 N–H and O–H groups in total. The van der Waals surface area contributed by atoms with E-state index in [4.69, 9.17) is 11.6 Å². The molecule has 7 heteroatoms. The summed E-state index contributed by atoms with van der Waals surface area (Å²) in [6.07, 6.45) is 0.933. The lowest BCUT2D eigenvalue weighted by Crippen LogP contribution is -2.28. The summed E-state index contributed by atoms with van der Waals surface area (Å²) in [6, 6.07) is 12.1. The van der Waals surface area contributed by atoms with Gasteiger partial charge in [0.15, 0.2) is 0 Å². The molecule has 2 aromatic rings. The Labute approximate surface area is 147 Å². The van der Waals surface area contributed by atoms with Crippen LogP contribution in [0.5, 0.6) is 0 Å². The number of hydrogen-bond acceptors (Lipinski definition) is 3. The maximum absolute atomic E-state index is 12.8. The molecule has 1 aliphatic heterocycles. The summed E-state index contributed by atoms with van der Waals surface area (Å²) in [5, 5.41) is 3.84. The summed E-state index contributed by atoms with van der Waals surface area (Å²) in [5.41, 5.74) is 2.85. The molecule has 0 saturated heterocycles. The van der Waals surface area contributed by atoms with Crippen LogP contribution in [-0.2, 0) is 23.0 Å². The Kier molecular flexibility index (Phi) is 5.57. The van der Waals surface area contributed by atoms with Crippen molar-refractivity contribution in [2.24, 2.45) is 0 Å². The molecular weight excluding hydrogens is 355 g/mol. The average Bonchev–Trinajstić information content (AvgIpc) is 2.54. The van der Waals surface area contributed by atoms with Gasteiger partial charge in [0.2, 0.25) is 0 Å². The SMILES string of the molecule is CN(c1ccc(Cl)cc1)S(=O)(=O)c1ccc2c(c1)CNCC2.Cl. The first kappa shape index (κ1) is 18.1. The molecule has 0 bridgehead atoms. The third kappa shape index (κ3) is 3.63. The van der Waals surface area contributed by atoms with Crippen LogP contribution >= 0.6 is 24.0 Å². The van der Waals surface area contributed by atoms with Crippen LogP contribution in [0.4, 0.5) is 5.69 Å². The molecule has 1 heterocycles. The zero-order chi connectivity index (χ0) is 15.7. The van der Waals surface area contributed by atoms with Crippen molar-refractivity contribution in [3.63, 3.8) is 0 Å². The smallest absolute Gasteiger partial charge is 0.264 e. The Morgan fingerprint density at radius 3 is 2.48 bits per heavy atom. The summed E-state index contributed by atoms with van der Waals surface area (Å²) in [6.45, 7) is 1.65. The molecule has 0 unspecified atom stereocenters. The largest absolute Gasteiger partial charge is 0.312 e. The van der Waals surface area contributed by atoms with Crippen LogP contribution < -0.4 is 9.62 Å². The second-order valence-electron chi connectivity index (χ2n) is 5.31. The quantitative estimate of drug-likeness (QED) is 0.899. The van der Waals surface area contributed by atoms with E-state index in [1.807, 2.05) is 6.07 Å². The van der Waals surface area contributed by atoms with Gasteiger partial charge in [0.05, 0.1) is 10.6 Å². The molecular formula is C16H18Cl2N2O2S. The molecule has 0 spiro atoms. The zero-order valence-electron chi connectivity index (χ0n) is 12.6. The van der Waals surface area contributed by atoms with Gasteiger partial charge in [0.1, 0.15) is 0 Å². The minimum absolute atomic E-state index is 0. The van der Waals surface area contributed by atoms with Crippen molar-refractivity contribution in [1.29, 1.82) is 0 Å². The van der Waals surface area contributed by atoms with E-state index in [1.54, 1.807) is 43.4 Å². The van der Waals surface area contributed by atoms with Gasteiger partial charge >= 0.3 is 0 Å². The summed E-state index contributed by atoms with van der Waals surface area (Å²) in [7, 11) is -2.02. The van der Waals surface area contributed by atoms with E-state index in [2.05, 4.69) is 5.32 Å².